The van der Waals surface area contributed by atoms with Gasteiger partial charge in [-0.1, -0.05) is 66.7 Å². The second kappa shape index (κ2) is 8.35. The predicted octanol–water partition coefficient (Wildman–Crippen LogP) is 4.60. The summed E-state index contributed by atoms with van der Waals surface area (Å²) in [5, 5.41) is 9.44. The fraction of sp³-hybridized carbons (Fsp3) is 0.0455. The zero-order valence-electron chi connectivity index (χ0n) is 14.4. The Morgan fingerprint density at radius 1 is 0.889 bits per heavy atom. The number of hydrogen-bond acceptors (Lipinski definition) is 4. The Bertz CT molecular complexity index is 1080. The van der Waals surface area contributed by atoms with Crippen LogP contribution in [0.1, 0.15) is 11.1 Å². The number of benzene rings is 3. The van der Waals surface area contributed by atoms with Crippen molar-refractivity contribution in [2.75, 3.05) is 0 Å². The number of ether oxygens (including phenoxy) is 1. The zero-order valence-corrected chi connectivity index (χ0v) is 15.3. The largest absolute Gasteiger partial charge is 0.488 e. The molecule has 0 saturated heterocycles. The maximum Gasteiger partial charge on any atom is 0.216 e. The Labute approximate surface area is 158 Å². The van der Waals surface area contributed by atoms with Crippen molar-refractivity contribution in [2.24, 2.45) is 0 Å². The first kappa shape index (κ1) is 18.4. The molecule has 0 radical (unpaired) electrons. The van der Waals surface area contributed by atoms with Crippen molar-refractivity contribution < 1.29 is 13.2 Å². The molecule has 0 aliphatic carbocycles. The Hall–Kier alpha value is -3.36. The molecule has 0 heterocycles. The average molecular weight is 375 g/mol. The van der Waals surface area contributed by atoms with Crippen LogP contribution in [0.4, 0.5) is 0 Å². The first-order chi connectivity index (χ1) is 13.1. The van der Waals surface area contributed by atoms with E-state index in [1.807, 2.05) is 36.4 Å². The van der Waals surface area contributed by atoms with Gasteiger partial charge in [0.15, 0.2) is 0 Å². The van der Waals surface area contributed by atoms with Gasteiger partial charge < -0.3 is 4.74 Å². The lowest BCUT2D eigenvalue weighted by molar-refractivity contribution is 0.305. The summed E-state index contributed by atoms with van der Waals surface area (Å²) >= 11 is 0. The predicted molar refractivity (Wildman–Crippen MR) is 104 cm³/mol. The molecule has 0 bridgehead atoms. The van der Waals surface area contributed by atoms with E-state index in [-0.39, 0.29) is 9.80 Å². The molecule has 0 unspecified atom stereocenters. The van der Waals surface area contributed by atoms with E-state index in [4.69, 9.17) is 4.74 Å². The minimum atomic E-state index is -3.89. The summed E-state index contributed by atoms with van der Waals surface area (Å²) in [6.07, 6.45) is 1.35. The number of allylic oxidation sites excluding steroid dienone is 1. The summed E-state index contributed by atoms with van der Waals surface area (Å²) in [5.74, 6) is 0.511. The van der Waals surface area contributed by atoms with E-state index in [1.165, 1.54) is 18.2 Å². The van der Waals surface area contributed by atoms with Crippen molar-refractivity contribution >= 4 is 15.9 Å². The van der Waals surface area contributed by atoms with Gasteiger partial charge in [-0.2, -0.15) is 5.26 Å². The smallest absolute Gasteiger partial charge is 0.216 e. The molecule has 0 aromatic heterocycles. The van der Waals surface area contributed by atoms with Gasteiger partial charge in [-0.25, -0.2) is 8.42 Å². The molecule has 4 nitrogen and oxygen atoms in total. The highest BCUT2D eigenvalue weighted by molar-refractivity contribution is 7.95. The van der Waals surface area contributed by atoms with Crippen LogP contribution < -0.4 is 4.74 Å². The quantitative estimate of drug-likeness (QED) is 0.590. The van der Waals surface area contributed by atoms with Gasteiger partial charge >= 0.3 is 0 Å². The van der Waals surface area contributed by atoms with Crippen LogP contribution in [0.5, 0.6) is 5.75 Å². The monoisotopic (exact) mass is 375 g/mol. The fourth-order valence-corrected chi connectivity index (χ4v) is 3.68. The second-order valence-corrected chi connectivity index (χ2v) is 7.67. The normalized spacial score (nSPS) is 11.6. The van der Waals surface area contributed by atoms with Crippen LogP contribution in [0.15, 0.2) is 94.7 Å². The second-order valence-electron chi connectivity index (χ2n) is 5.75. The highest BCUT2D eigenvalue weighted by Gasteiger charge is 2.21. The van der Waals surface area contributed by atoms with Crippen LogP contribution in [-0.4, -0.2) is 8.42 Å². The van der Waals surface area contributed by atoms with E-state index in [9.17, 15) is 13.7 Å². The molecule has 0 saturated carbocycles. The summed E-state index contributed by atoms with van der Waals surface area (Å²) in [6, 6.07) is 26.4. The summed E-state index contributed by atoms with van der Waals surface area (Å²) in [5.41, 5.74) is 1.53. The van der Waals surface area contributed by atoms with Crippen LogP contribution in [0.3, 0.4) is 0 Å². The highest BCUT2D eigenvalue weighted by atomic mass is 32.2. The Morgan fingerprint density at radius 3 is 2.15 bits per heavy atom. The van der Waals surface area contributed by atoms with Crippen molar-refractivity contribution in [2.45, 2.75) is 11.5 Å². The van der Waals surface area contributed by atoms with Crippen molar-refractivity contribution in [3.63, 3.8) is 0 Å². The highest BCUT2D eigenvalue weighted by Crippen LogP contribution is 2.26. The third-order valence-electron chi connectivity index (χ3n) is 3.90. The number of nitrogens with zero attached hydrogens (tertiary/aromatic N) is 1. The topological polar surface area (TPSA) is 67.2 Å². The maximum absolute atomic E-state index is 12.7. The van der Waals surface area contributed by atoms with Crippen LogP contribution in [0.2, 0.25) is 0 Å². The van der Waals surface area contributed by atoms with Crippen molar-refractivity contribution in [3.8, 4) is 11.8 Å². The van der Waals surface area contributed by atoms with Gasteiger partial charge in [0.05, 0.1) is 4.90 Å². The third-order valence-corrected chi connectivity index (χ3v) is 5.58. The molecule has 0 spiro atoms. The molecule has 0 N–H and O–H groups in total. The average Bonchev–Trinajstić information content (AvgIpc) is 2.72. The van der Waals surface area contributed by atoms with Crippen LogP contribution in [0.25, 0.3) is 6.08 Å². The molecule has 3 aromatic carbocycles. The minimum absolute atomic E-state index is 0.0838. The number of rotatable bonds is 6. The van der Waals surface area contributed by atoms with Gasteiger partial charge in [-0.15, -0.1) is 0 Å². The summed E-state index contributed by atoms with van der Waals surface area (Å²) in [7, 11) is -3.89. The van der Waals surface area contributed by atoms with Crippen LogP contribution >= 0.6 is 0 Å². The number of hydrogen-bond donors (Lipinski definition) is 0. The zero-order chi connectivity index (χ0) is 19.1. The lowest BCUT2D eigenvalue weighted by Crippen LogP contribution is -2.03. The van der Waals surface area contributed by atoms with Gasteiger partial charge in [0, 0.05) is 5.56 Å². The molecule has 0 aliphatic rings. The summed E-state index contributed by atoms with van der Waals surface area (Å²) in [6.45, 7) is 0.346. The van der Waals surface area contributed by atoms with Crippen LogP contribution in [0, 0.1) is 11.3 Å². The van der Waals surface area contributed by atoms with E-state index in [0.717, 1.165) is 5.56 Å². The van der Waals surface area contributed by atoms with Crippen LogP contribution in [-0.2, 0) is 16.4 Å². The number of nitriles is 1. The van der Waals surface area contributed by atoms with Gasteiger partial charge in [0.1, 0.15) is 23.3 Å². The first-order valence-electron chi connectivity index (χ1n) is 8.29. The molecule has 0 amide bonds. The fourth-order valence-electron chi connectivity index (χ4n) is 2.50. The molecule has 27 heavy (non-hydrogen) atoms. The van der Waals surface area contributed by atoms with Gasteiger partial charge in [0.25, 0.3) is 0 Å². The van der Waals surface area contributed by atoms with E-state index in [1.54, 1.807) is 42.5 Å². The van der Waals surface area contributed by atoms with E-state index < -0.39 is 9.84 Å². The Balaban J connectivity index is 1.93. The third kappa shape index (κ3) is 4.43. The van der Waals surface area contributed by atoms with E-state index in [0.29, 0.717) is 17.9 Å². The molecule has 134 valence electrons. The molecule has 3 aromatic rings. The Kier molecular flexibility index (Phi) is 5.70. The van der Waals surface area contributed by atoms with E-state index in [2.05, 4.69) is 0 Å². The summed E-state index contributed by atoms with van der Waals surface area (Å²) in [4.78, 5) is -0.245. The number of sulfone groups is 1. The number of para-hydroxylation sites is 1. The molecular weight excluding hydrogens is 358 g/mol. The van der Waals surface area contributed by atoms with Crippen molar-refractivity contribution in [1.29, 1.82) is 5.26 Å². The Morgan fingerprint density at radius 2 is 1.48 bits per heavy atom. The molecule has 3 rings (SSSR count). The van der Waals surface area contributed by atoms with Gasteiger partial charge in [-0.05, 0) is 29.8 Å². The van der Waals surface area contributed by atoms with Gasteiger partial charge in [0.2, 0.25) is 9.84 Å². The molecule has 0 fully saturated rings. The van der Waals surface area contributed by atoms with Gasteiger partial charge in [-0.3, -0.25) is 0 Å². The first-order valence-corrected chi connectivity index (χ1v) is 9.77. The molecule has 0 atom stereocenters. The SMILES string of the molecule is N#CC(=Cc1ccccc1OCc1ccccc1)S(=O)(=O)c1ccccc1. The molecular formula is C22H17NO3S. The molecule has 5 heteroatoms. The lowest BCUT2D eigenvalue weighted by atomic mass is 10.2. The maximum atomic E-state index is 12.7. The molecule has 0 aliphatic heterocycles. The minimum Gasteiger partial charge on any atom is -0.488 e. The summed E-state index contributed by atoms with van der Waals surface area (Å²) < 4.78 is 31.3. The van der Waals surface area contributed by atoms with E-state index >= 15 is 0 Å². The van der Waals surface area contributed by atoms with Crippen molar-refractivity contribution in [1.82, 2.24) is 0 Å². The lowest BCUT2D eigenvalue weighted by Gasteiger charge is -2.10. The standard InChI is InChI=1S/C22H17NO3S/c23-16-21(27(24,25)20-12-5-2-6-13-20)15-19-11-7-8-14-22(19)26-17-18-9-3-1-4-10-18/h1-15H,17H2. The van der Waals surface area contributed by atoms with Crippen molar-refractivity contribution in [3.05, 3.63) is 101 Å².